The van der Waals surface area contributed by atoms with Gasteiger partial charge in [0.25, 0.3) is 0 Å². The number of hydrogen-bond donors (Lipinski definition) is 2. The summed E-state index contributed by atoms with van der Waals surface area (Å²) in [6.45, 7) is 7.06. The number of nitrogens with zero attached hydrogens (tertiary/aromatic N) is 4. The van der Waals surface area contributed by atoms with Crippen LogP contribution >= 0.6 is 0 Å². The Hall–Kier alpha value is -3.14. The lowest BCUT2D eigenvalue weighted by atomic mass is 10.1. The lowest BCUT2D eigenvalue weighted by Gasteiger charge is -2.16. The van der Waals surface area contributed by atoms with Crippen molar-refractivity contribution in [1.82, 2.24) is 25.2 Å². The first kappa shape index (κ1) is 25.0. The van der Waals surface area contributed by atoms with Crippen LogP contribution in [0.2, 0.25) is 0 Å². The van der Waals surface area contributed by atoms with Gasteiger partial charge in [-0.3, -0.25) is 14.8 Å². The SMILES string of the molecule is COc1ccc2nccc(CCN3CC(O)C(CNCc4ccc(OCC(C)=O)c(C)n4)C3)c2n1. The van der Waals surface area contributed by atoms with Gasteiger partial charge in [-0.1, -0.05) is 0 Å². The molecule has 9 heteroatoms. The van der Waals surface area contributed by atoms with Crippen LogP contribution in [0.15, 0.2) is 36.5 Å². The maximum atomic E-state index is 11.1. The van der Waals surface area contributed by atoms with Gasteiger partial charge in [0, 0.05) is 50.9 Å². The van der Waals surface area contributed by atoms with E-state index in [9.17, 15) is 9.90 Å². The minimum Gasteiger partial charge on any atom is -0.484 e. The zero-order chi connectivity index (χ0) is 24.8. The van der Waals surface area contributed by atoms with Gasteiger partial charge in [0.1, 0.15) is 12.4 Å². The molecule has 0 saturated carbocycles. The maximum absolute atomic E-state index is 11.1. The second-order valence-electron chi connectivity index (χ2n) is 9.04. The van der Waals surface area contributed by atoms with E-state index in [4.69, 9.17) is 9.47 Å². The lowest BCUT2D eigenvalue weighted by molar-refractivity contribution is -0.118. The van der Waals surface area contributed by atoms with Gasteiger partial charge in [-0.15, -0.1) is 0 Å². The number of aliphatic hydroxyl groups is 1. The Kier molecular flexibility index (Phi) is 8.22. The van der Waals surface area contributed by atoms with Crippen LogP contribution < -0.4 is 14.8 Å². The number of aryl methyl sites for hydroxylation is 1. The first-order chi connectivity index (χ1) is 16.9. The van der Waals surface area contributed by atoms with E-state index in [1.54, 1.807) is 7.11 Å². The zero-order valence-corrected chi connectivity index (χ0v) is 20.5. The Bertz CT molecular complexity index is 1170. The van der Waals surface area contributed by atoms with Gasteiger partial charge in [0.15, 0.2) is 5.78 Å². The second kappa shape index (κ2) is 11.5. The molecule has 4 heterocycles. The van der Waals surface area contributed by atoms with E-state index in [1.165, 1.54) is 6.92 Å². The monoisotopic (exact) mass is 479 g/mol. The molecule has 1 aliphatic rings. The Morgan fingerprint density at radius 3 is 2.83 bits per heavy atom. The van der Waals surface area contributed by atoms with E-state index in [2.05, 4.69) is 25.2 Å². The van der Waals surface area contributed by atoms with Crippen LogP contribution in [0.3, 0.4) is 0 Å². The molecule has 1 aliphatic heterocycles. The van der Waals surface area contributed by atoms with Gasteiger partial charge in [-0.2, -0.15) is 0 Å². The van der Waals surface area contributed by atoms with Crippen molar-refractivity contribution in [3.63, 3.8) is 0 Å². The van der Waals surface area contributed by atoms with Crippen molar-refractivity contribution in [3.8, 4) is 11.6 Å². The number of carbonyl (C=O) groups is 1. The zero-order valence-electron chi connectivity index (χ0n) is 20.5. The number of pyridine rings is 3. The topological polar surface area (TPSA) is 110 Å². The fraction of sp³-hybridized carbons (Fsp3) is 0.462. The minimum absolute atomic E-state index is 0.0228. The van der Waals surface area contributed by atoms with Crippen LogP contribution in [-0.4, -0.2) is 76.7 Å². The number of rotatable bonds is 11. The number of ether oxygens (including phenoxy) is 2. The third kappa shape index (κ3) is 6.50. The Balaban J connectivity index is 1.26. The number of Topliss-reactive ketones (excluding diaryl/α,β-unsaturated/α-hetero) is 1. The van der Waals surface area contributed by atoms with Gasteiger partial charge >= 0.3 is 0 Å². The van der Waals surface area contributed by atoms with Crippen molar-refractivity contribution in [3.05, 3.63) is 53.5 Å². The molecule has 35 heavy (non-hydrogen) atoms. The number of fused-ring (bicyclic) bond motifs is 1. The Morgan fingerprint density at radius 1 is 1.20 bits per heavy atom. The number of ketones is 1. The molecule has 0 spiro atoms. The lowest BCUT2D eigenvalue weighted by Crippen LogP contribution is -2.30. The highest BCUT2D eigenvalue weighted by Crippen LogP contribution is 2.21. The number of likely N-dealkylation sites (tertiary alicyclic amines) is 1. The first-order valence-corrected chi connectivity index (χ1v) is 11.9. The number of methoxy groups -OCH3 is 1. The molecular weight excluding hydrogens is 446 g/mol. The molecule has 9 nitrogen and oxygen atoms in total. The summed E-state index contributed by atoms with van der Waals surface area (Å²) >= 11 is 0. The van der Waals surface area contributed by atoms with Crippen molar-refractivity contribution < 1.29 is 19.4 Å². The first-order valence-electron chi connectivity index (χ1n) is 11.9. The summed E-state index contributed by atoms with van der Waals surface area (Å²) in [5.41, 5.74) is 4.50. The maximum Gasteiger partial charge on any atom is 0.213 e. The number of hydrogen-bond acceptors (Lipinski definition) is 9. The molecule has 186 valence electrons. The van der Waals surface area contributed by atoms with Gasteiger partial charge in [-0.05, 0) is 50.1 Å². The van der Waals surface area contributed by atoms with Crippen LogP contribution in [0.5, 0.6) is 11.6 Å². The van der Waals surface area contributed by atoms with Gasteiger partial charge in [0.05, 0.1) is 35.6 Å². The molecule has 0 radical (unpaired) electrons. The van der Waals surface area contributed by atoms with Crippen LogP contribution in [0, 0.1) is 12.8 Å². The highest BCUT2D eigenvalue weighted by molar-refractivity contribution is 5.78. The van der Waals surface area contributed by atoms with Gasteiger partial charge < -0.3 is 24.8 Å². The predicted octanol–water partition coefficient (Wildman–Crippen LogP) is 1.93. The van der Waals surface area contributed by atoms with Gasteiger partial charge in [-0.25, -0.2) is 4.98 Å². The summed E-state index contributed by atoms with van der Waals surface area (Å²) < 4.78 is 10.7. The van der Waals surface area contributed by atoms with E-state index in [1.807, 2.05) is 43.5 Å². The largest absolute Gasteiger partial charge is 0.484 e. The third-order valence-corrected chi connectivity index (χ3v) is 6.27. The van der Waals surface area contributed by atoms with Crippen LogP contribution in [0.4, 0.5) is 0 Å². The Morgan fingerprint density at radius 2 is 2.06 bits per heavy atom. The summed E-state index contributed by atoms with van der Waals surface area (Å²) in [5.74, 6) is 1.34. The third-order valence-electron chi connectivity index (χ3n) is 6.27. The van der Waals surface area contributed by atoms with Crippen LogP contribution in [-0.2, 0) is 17.8 Å². The summed E-state index contributed by atoms with van der Waals surface area (Å²) in [7, 11) is 1.61. The van der Waals surface area contributed by atoms with E-state index in [-0.39, 0.29) is 24.4 Å². The smallest absolute Gasteiger partial charge is 0.213 e. The average Bonchev–Trinajstić information content (AvgIpc) is 3.20. The summed E-state index contributed by atoms with van der Waals surface area (Å²) in [6.07, 6.45) is 2.27. The van der Waals surface area contributed by atoms with Crippen molar-refractivity contribution in [1.29, 1.82) is 0 Å². The fourth-order valence-corrected chi connectivity index (χ4v) is 4.40. The van der Waals surface area contributed by atoms with E-state index in [0.29, 0.717) is 31.3 Å². The molecule has 3 aromatic rings. The molecule has 2 atom stereocenters. The fourth-order valence-electron chi connectivity index (χ4n) is 4.40. The summed E-state index contributed by atoms with van der Waals surface area (Å²) in [5, 5.41) is 14.0. The molecule has 2 N–H and O–H groups in total. The van der Waals surface area contributed by atoms with E-state index in [0.717, 1.165) is 47.5 Å². The van der Waals surface area contributed by atoms with Gasteiger partial charge in [0.2, 0.25) is 5.88 Å². The Labute approximate surface area is 205 Å². The van der Waals surface area contributed by atoms with E-state index < -0.39 is 0 Å². The normalized spacial score (nSPS) is 18.2. The second-order valence-corrected chi connectivity index (χ2v) is 9.04. The van der Waals surface area contributed by atoms with Crippen LogP contribution in [0.25, 0.3) is 11.0 Å². The molecule has 1 saturated heterocycles. The molecule has 0 bridgehead atoms. The van der Waals surface area contributed by atoms with Crippen molar-refractivity contribution in [2.45, 2.75) is 32.9 Å². The number of aromatic nitrogens is 3. The molecule has 4 rings (SSSR count). The molecule has 0 aromatic carbocycles. The summed E-state index contributed by atoms with van der Waals surface area (Å²) in [4.78, 5) is 26.9. The van der Waals surface area contributed by atoms with Crippen molar-refractivity contribution in [2.75, 3.05) is 39.9 Å². The number of aliphatic hydroxyl groups excluding tert-OH is 1. The van der Waals surface area contributed by atoms with Crippen molar-refractivity contribution >= 4 is 16.8 Å². The highest BCUT2D eigenvalue weighted by Gasteiger charge is 2.30. The number of carbonyl (C=O) groups excluding carboxylic acids is 1. The molecule has 2 unspecified atom stereocenters. The minimum atomic E-state index is -0.369. The molecule has 1 fully saturated rings. The van der Waals surface area contributed by atoms with Crippen molar-refractivity contribution in [2.24, 2.45) is 5.92 Å². The van der Waals surface area contributed by atoms with E-state index >= 15 is 0 Å². The number of nitrogens with one attached hydrogen (secondary N) is 1. The molecule has 0 aliphatic carbocycles. The molecule has 0 amide bonds. The van der Waals surface area contributed by atoms with Crippen LogP contribution in [0.1, 0.15) is 23.9 Å². The standard InChI is InChI=1S/C26H33N5O4/c1-17(32)16-35-24-6-4-21(29-18(24)2)13-27-12-20-14-31(15-23(20)33)11-9-19-8-10-28-22-5-7-25(34-3)30-26(19)22/h4-8,10,20,23,27,33H,9,11-16H2,1-3H3. The quantitative estimate of drug-likeness (QED) is 0.426. The predicted molar refractivity (Wildman–Crippen MR) is 133 cm³/mol. The molecule has 3 aromatic heterocycles. The molecular formula is C26H33N5O4. The highest BCUT2D eigenvalue weighted by atomic mass is 16.5. The average molecular weight is 480 g/mol. The number of β-amino-alcohol motifs (C(OH)–C–C–N with tert-alkyl or cyclic N) is 1. The summed E-state index contributed by atoms with van der Waals surface area (Å²) in [6, 6.07) is 9.50.